The van der Waals surface area contributed by atoms with E-state index in [1.165, 1.54) is 38.6 Å². The van der Waals surface area contributed by atoms with Crippen molar-refractivity contribution in [3.63, 3.8) is 0 Å². The van der Waals surface area contributed by atoms with E-state index in [2.05, 4.69) is 24.8 Å². The third kappa shape index (κ3) is 4.19. The Labute approximate surface area is 167 Å². The maximum Gasteiger partial charge on any atom is 0.222 e. The summed E-state index contributed by atoms with van der Waals surface area (Å²) >= 11 is 0. The first-order valence-corrected chi connectivity index (χ1v) is 10.4. The number of piperazine rings is 1. The van der Waals surface area contributed by atoms with Crippen LogP contribution in [0.5, 0.6) is 0 Å². The molecule has 0 unspecified atom stereocenters. The first kappa shape index (κ1) is 18.9. The van der Waals surface area contributed by atoms with Crippen LogP contribution in [0.2, 0.25) is 0 Å². The predicted octanol–water partition coefficient (Wildman–Crippen LogP) is 2.71. The van der Waals surface area contributed by atoms with E-state index in [9.17, 15) is 0 Å². The summed E-state index contributed by atoms with van der Waals surface area (Å²) in [6.07, 6.45) is 8.82. The zero-order valence-electron chi connectivity index (χ0n) is 16.8. The second-order valence-corrected chi connectivity index (χ2v) is 8.13. The highest BCUT2D eigenvalue weighted by molar-refractivity contribution is 5.78. The molecule has 7 heteroatoms. The molecule has 0 atom stereocenters. The van der Waals surface area contributed by atoms with Gasteiger partial charge < -0.3 is 16.4 Å². The van der Waals surface area contributed by atoms with Crippen LogP contribution in [0.3, 0.4) is 0 Å². The van der Waals surface area contributed by atoms with Crippen molar-refractivity contribution in [2.75, 3.05) is 49.1 Å². The Morgan fingerprint density at radius 2 is 1.75 bits per heavy atom. The summed E-state index contributed by atoms with van der Waals surface area (Å²) in [5.41, 5.74) is 14.6. The summed E-state index contributed by atoms with van der Waals surface area (Å²) in [5, 5.41) is 0. The number of hydrogen-bond donors (Lipinski definition) is 2. The first-order valence-electron chi connectivity index (χ1n) is 10.4. The molecule has 3 heterocycles. The third-order valence-electron chi connectivity index (χ3n) is 6.08. The topological polar surface area (TPSA) is 97.2 Å². The van der Waals surface area contributed by atoms with Crippen molar-refractivity contribution < 1.29 is 0 Å². The van der Waals surface area contributed by atoms with E-state index in [-0.39, 0.29) is 0 Å². The van der Waals surface area contributed by atoms with Crippen molar-refractivity contribution in [1.82, 2.24) is 19.9 Å². The fourth-order valence-electron chi connectivity index (χ4n) is 4.58. The van der Waals surface area contributed by atoms with Gasteiger partial charge in [-0.3, -0.25) is 4.90 Å². The molecule has 2 aromatic heterocycles. The van der Waals surface area contributed by atoms with Crippen molar-refractivity contribution in [3.8, 4) is 11.1 Å². The largest absolute Gasteiger partial charge is 0.384 e. The van der Waals surface area contributed by atoms with Crippen LogP contribution >= 0.6 is 0 Å². The minimum atomic E-state index is 0.323. The summed E-state index contributed by atoms with van der Waals surface area (Å²) in [7, 11) is 0. The molecule has 1 saturated carbocycles. The number of aryl methyl sites for hydroxylation is 1. The van der Waals surface area contributed by atoms with Gasteiger partial charge >= 0.3 is 0 Å². The van der Waals surface area contributed by atoms with Crippen molar-refractivity contribution in [2.24, 2.45) is 5.92 Å². The molecule has 150 valence electrons. The van der Waals surface area contributed by atoms with E-state index in [1.807, 2.05) is 19.1 Å². The summed E-state index contributed by atoms with van der Waals surface area (Å²) in [4.78, 5) is 18.2. The quantitative estimate of drug-likeness (QED) is 0.840. The summed E-state index contributed by atoms with van der Waals surface area (Å²) in [6, 6.07) is 3.80. The zero-order chi connectivity index (χ0) is 19.5. The van der Waals surface area contributed by atoms with Crippen LogP contribution < -0.4 is 16.4 Å². The van der Waals surface area contributed by atoms with E-state index in [0.717, 1.165) is 54.7 Å². The fraction of sp³-hybridized carbons (Fsp3) is 0.571. The van der Waals surface area contributed by atoms with Gasteiger partial charge in [0.05, 0.1) is 5.69 Å². The Balaban J connectivity index is 1.50. The molecule has 2 aliphatic rings. The number of rotatable bonds is 4. The number of nitrogens with zero attached hydrogens (tertiary/aromatic N) is 5. The second kappa shape index (κ2) is 8.31. The molecule has 1 aliphatic heterocycles. The monoisotopic (exact) mass is 381 g/mol. The number of nitrogens with two attached hydrogens (primary N) is 2. The lowest BCUT2D eigenvalue weighted by Crippen LogP contribution is -2.48. The van der Waals surface area contributed by atoms with Gasteiger partial charge in [0.1, 0.15) is 11.6 Å². The van der Waals surface area contributed by atoms with Crippen LogP contribution in [0.15, 0.2) is 18.3 Å². The highest BCUT2D eigenvalue weighted by Crippen LogP contribution is 2.33. The van der Waals surface area contributed by atoms with Crippen molar-refractivity contribution in [3.05, 3.63) is 24.0 Å². The maximum absolute atomic E-state index is 5.99. The highest BCUT2D eigenvalue weighted by atomic mass is 15.3. The Hall–Kier alpha value is -2.41. The fourth-order valence-corrected chi connectivity index (χ4v) is 4.58. The zero-order valence-corrected chi connectivity index (χ0v) is 16.8. The lowest BCUT2D eigenvalue weighted by Gasteiger charge is -2.38. The lowest BCUT2D eigenvalue weighted by molar-refractivity contribution is 0.192. The van der Waals surface area contributed by atoms with Gasteiger partial charge in [-0.2, -0.15) is 4.98 Å². The van der Waals surface area contributed by atoms with Gasteiger partial charge in [-0.15, -0.1) is 0 Å². The molecule has 0 bridgehead atoms. The van der Waals surface area contributed by atoms with Gasteiger partial charge in [0.15, 0.2) is 0 Å². The number of pyridine rings is 1. The van der Waals surface area contributed by atoms with Crippen molar-refractivity contribution in [1.29, 1.82) is 0 Å². The minimum Gasteiger partial charge on any atom is -0.384 e. The van der Waals surface area contributed by atoms with Crippen molar-refractivity contribution in [2.45, 2.75) is 39.0 Å². The Kier molecular flexibility index (Phi) is 5.62. The Morgan fingerprint density at radius 1 is 1.00 bits per heavy atom. The Morgan fingerprint density at radius 3 is 2.43 bits per heavy atom. The lowest BCUT2D eigenvalue weighted by atomic mass is 9.89. The molecule has 0 radical (unpaired) electrons. The molecule has 4 rings (SSSR count). The van der Waals surface area contributed by atoms with Crippen LogP contribution in [-0.2, 0) is 0 Å². The van der Waals surface area contributed by atoms with Crippen LogP contribution in [0, 0.1) is 12.8 Å². The summed E-state index contributed by atoms with van der Waals surface area (Å²) < 4.78 is 0. The molecule has 1 saturated heterocycles. The minimum absolute atomic E-state index is 0.323. The Bertz CT molecular complexity index is 791. The molecule has 2 aromatic rings. The van der Waals surface area contributed by atoms with E-state index in [4.69, 9.17) is 11.5 Å². The van der Waals surface area contributed by atoms with E-state index in [1.54, 1.807) is 6.20 Å². The van der Waals surface area contributed by atoms with Crippen LogP contribution in [0.1, 0.15) is 37.8 Å². The van der Waals surface area contributed by atoms with Gasteiger partial charge in [0, 0.05) is 50.0 Å². The standard InChI is InChI=1S/C21H31N7/c1-15-19(17-7-8-18(22)24-13-17)20(26-21(23)25-15)28-11-9-27(10-12-28)14-16-5-3-2-4-6-16/h7-8,13,16H,2-6,9-12,14H2,1H3,(H2,22,24)(H2,23,25,26). The molecule has 0 aromatic carbocycles. The second-order valence-electron chi connectivity index (χ2n) is 8.13. The summed E-state index contributed by atoms with van der Waals surface area (Å²) in [5.74, 6) is 2.63. The smallest absolute Gasteiger partial charge is 0.222 e. The van der Waals surface area contributed by atoms with Crippen LogP contribution in [0.4, 0.5) is 17.6 Å². The van der Waals surface area contributed by atoms with Crippen molar-refractivity contribution >= 4 is 17.6 Å². The average Bonchev–Trinajstić information content (AvgIpc) is 2.70. The molecule has 7 nitrogen and oxygen atoms in total. The third-order valence-corrected chi connectivity index (χ3v) is 6.08. The highest BCUT2D eigenvalue weighted by Gasteiger charge is 2.25. The van der Waals surface area contributed by atoms with E-state index >= 15 is 0 Å². The number of hydrogen-bond acceptors (Lipinski definition) is 7. The van der Waals surface area contributed by atoms with E-state index in [0.29, 0.717) is 11.8 Å². The SMILES string of the molecule is Cc1nc(N)nc(N2CCN(CC3CCCCC3)CC2)c1-c1ccc(N)nc1. The number of aromatic nitrogens is 3. The normalized spacial score (nSPS) is 19.1. The number of nitrogen functional groups attached to an aromatic ring is 2. The maximum atomic E-state index is 5.99. The van der Waals surface area contributed by atoms with Gasteiger partial charge in [-0.1, -0.05) is 19.3 Å². The van der Waals surface area contributed by atoms with Crippen LogP contribution in [0.25, 0.3) is 11.1 Å². The summed E-state index contributed by atoms with van der Waals surface area (Å²) in [6.45, 7) is 7.27. The molecule has 2 fully saturated rings. The first-order chi connectivity index (χ1) is 13.6. The van der Waals surface area contributed by atoms with Gasteiger partial charge in [0.2, 0.25) is 5.95 Å². The molecule has 0 spiro atoms. The molecule has 28 heavy (non-hydrogen) atoms. The van der Waals surface area contributed by atoms with Gasteiger partial charge in [0.25, 0.3) is 0 Å². The van der Waals surface area contributed by atoms with Crippen LogP contribution in [-0.4, -0.2) is 52.6 Å². The predicted molar refractivity (Wildman–Crippen MR) is 114 cm³/mol. The van der Waals surface area contributed by atoms with Gasteiger partial charge in [-0.25, -0.2) is 9.97 Å². The molecular formula is C21H31N7. The van der Waals surface area contributed by atoms with E-state index < -0.39 is 0 Å². The number of anilines is 3. The molecule has 0 amide bonds. The average molecular weight is 382 g/mol. The van der Waals surface area contributed by atoms with Gasteiger partial charge in [-0.05, 0) is 37.8 Å². The molecule has 4 N–H and O–H groups in total. The molecular weight excluding hydrogens is 350 g/mol. The molecule has 1 aliphatic carbocycles.